The molecule has 0 spiro atoms. The summed E-state index contributed by atoms with van der Waals surface area (Å²) in [5.41, 5.74) is 0.602. The Morgan fingerprint density at radius 1 is 1.62 bits per heavy atom. The van der Waals surface area contributed by atoms with Gasteiger partial charge in [0.2, 0.25) is 0 Å². The maximum absolute atomic E-state index is 11.3. The monoisotopic (exact) mass is 181 g/mol. The minimum absolute atomic E-state index is 0.0712. The van der Waals surface area contributed by atoms with Crippen LogP contribution in [0, 0.1) is 0 Å². The highest BCUT2D eigenvalue weighted by Gasteiger charge is 2.10. The van der Waals surface area contributed by atoms with Crippen LogP contribution in [-0.4, -0.2) is 12.5 Å². The molecule has 0 unspecified atom stereocenters. The molecule has 3 heteroatoms. The van der Waals surface area contributed by atoms with Gasteiger partial charge in [-0.3, -0.25) is 4.79 Å². The molecule has 0 saturated heterocycles. The first-order chi connectivity index (χ1) is 6.15. The summed E-state index contributed by atoms with van der Waals surface area (Å²) in [5.74, 6) is 1.10. The molecule has 0 radical (unpaired) electrons. The predicted molar refractivity (Wildman–Crippen MR) is 50.8 cm³/mol. The van der Waals surface area contributed by atoms with Crippen molar-refractivity contribution in [3.63, 3.8) is 0 Å². The normalized spacial score (nSPS) is 10.5. The first-order valence-electron chi connectivity index (χ1n) is 4.51. The van der Waals surface area contributed by atoms with Gasteiger partial charge in [-0.25, -0.2) is 0 Å². The SMILES string of the molecule is CCNC(=O)c1coc(C(C)C)c1. The van der Waals surface area contributed by atoms with Crippen molar-refractivity contribution >= 4 is 5.91 Å². The first-order valence-corrected chi connectivity index (χ1v) is 4.51. The lowest BCUT2D eigenvalue weighted by Crippen LogP contribution is -2.21. The minimum atomic E-state index is -0.0712. The van der Waals surface area contributed by atoms with Crippen molar-refractivity contribution in [1.82, 2.24) is 5.32 Å². The summed E-state index contributed by atoms with van der Waals surface area (Å²) in [5, 5.41) is 2.72. The lowest BCUT2D eigenvalue weighted by molar-refractivity contribution is 0.0955. The zero-order valence-corrected chi connectivity index (χ0v) is 8.26. The molecule has 3 nitrogen and oxygen atoms in total. The number of nitrogens with one attached hydrogen (secondary N) is 1. The van der Waals surface area contributed by atoms with E-state index in [1.54, 1.807) is 6.07 Å². The van der Waals surface area contributed by atoms with E-state index >= 15 is 0 Å². The van der Waals surface area contributed by atoms with Crippen LogP contribution in [0.5, 0.6) is 0 Å². The van der Waals surface area contributed by atoms with E-state index in [2.05, 4.69) is 5.32 Å². The second kappa shape index (κ2) is 4.12. The van der Waals surface area contributed by atoms with Crippen LogP contribution in [0.25, 0.3) is 0 Å². The van der Waals surface area contributed by atoms with Gasteiger partial charge in [-0.1, -0.05) is 13.8 Å². The molecule has 1 amide bonds. The molecule has 72 valence electrons. The Bertz CT molecular complexity index is 289. The lowest BCUT2D eigenvalue weighted by Gasteiger charge is -1.97. The van der Waals surface area contributed by atoms with Gasteiger partial charge >= 0.3 is 0 Å². The molecular formula is C10H15NO2. The van der Waals surface area contributed by atoms with Gasteiger partial charge in [0.1, 0.15) is 12.0 Å². The Morgan fingerprint density at radius 3 is 2.77 bits per heavy atom. The molecule has 1 aromatic rings. The van der Waals surface area contributed by atoms with E-state index in [0.717, 1.165) is 5.76 Å². The molecule has 1 rings (SSSR count). The Morgan fingerprint density at radius 2 is 2.31 bits per heavy atom. The standard InChI is InChI=1S/C10H15NO2/c1-4-11-10(12)8-5-9(7(2)3)13-6-8/h5-7H,4H2,1-3H3,(H,11,12). The van der Waals surface area contributed by atoms with Crippen molar-refractivity contribution in [3.8, 4) is 0 Å². The van der Waals surface area contributed by atoms with Crippen LogP contribution >= 0.6 is 0 Å². The van der Waals surface area contributed by atoms with Crippen LogP contribution in [-0.2, 0) is 0 Å². The molecule has 1 aromatic heterocycles. The zero-order valence-electron chi connectivity index (χ0n) is 8.26. The summed E-state index contributed by atoms with van der Waals surface area (Å²) >= 11 is 0. The Balaban J connectivity index is 2.73. The van der Waals surface area contributed by atoms with Gasteiger partial charge in [0, 0.05) is 12.5 Å². The smallest absolute Gasteiger partial charge is 0.254 e. The predicted octanol–water partition coefficient (Wildman–Crippen LogP) is 2.15. The molecular weight excluding hydrogens is 166 g/mol. The van der Waals surface area contributed by atoms with Gasteiger partial charge in [-0.15, -0.1) is 0 Å². The number of carbonyl (C=O) groups is 1. The Labute approximate surface area is 78.1 Å². The van der Waals surface area contributed by atoms with Crippen LogP contribution in [0.2, 0.25) is 0 Å². The number of rotatable bonds is 3. The molecule has 0 aliphatic heterocycles. The summed E-state index contributed by atoms with van der Waals surface area (Å²) < 4.78 is 5.23. The van der Waals surface area contributed by atoms with E-state index in [4.69, 9.17) is 4.42 Å². The van der Waals surface area contributed by atoms with Gasteiger partial charge in [-0.2, -0.15) is 0 Å². The van der Waals surface area contributed by atoms with Gasteiger partial charge in [0.05, 0.1) is 5.56 Å². The molecule has 0 fully saturated rings. The second-order valence-corrected chi connectivity index (χ2v) is 3.25. The fourth-order valence-corrected chi connectivity index (χ4v) is 1.04. The summed E-state index contributed by atoms with van der Waals surface area (Å²) in [4.78, 5) is 11.3. The molecule has 13 heavy (non-hydrogen) atoms. The zero-order chi connectivity index (χ0) is 9.84. The van der Waals surface area contributed by atoms with E-state index in [1.807, 2.05) is 20.8 Å². The molecule has 1 N–H and O–H groups in total. The van der Waals surface area contributed by atoms with Gasteiger partial charge in [-0.05, 0) is 13.0 Å². The molecule has 0 aromatic carbocycles. The third-order valence-corrected chi connectivity index (χ3v) is 1.79. The van der Waals surface area contributed by atoms with Crippen LogP contribution in [0.4, 0.5) is 0 Å². The van der Waals surface area contributed by atoms with Crippen molar-refractivity contribution in [2.24, 2.45) is 0 Å². The van der Waals surface area contributed by atoms with Crippen molar-refractivity contribution in [2.75, 3.05) is 6.54 Å². The highest BCUT2D eigenvalue weighted by molar-refractivity contribution is 5.93. The topological polar surface area (TPSA) is 42.2 Å². The number of hydrogen-bond donors (Lipinski definition) is 1. The van der Waals surface area contributed by atoms with Crippen molar-refractivity contribution < 1.29 is 9.21 Å². The summed E-state index contributed by atoms with van der Waals surface area (Å²) in [6, 6.07) is 1.79. The fourth-order valence-electron chi connectivity index (χ4n) is 1.04. The van der Waals surface area contributed by atoms with E-state index in [-0.39, 0.29) is 5.91 Å². The molecule has 0 atom stereocenters. The molecule has 0 aliphatic carbocycles. The van der Waals surface area contributed by atoms with Crippen molar-refractivity contribution in [1.29, 1.82) is 0 Å². The Kier molecular flexibility index (Phi) is 3.12. The van der Waals surface area contributed by atoms with E-state index in [1.165, 1.54) is 6.26 Å². The Hall–Kier alpha value is -1.25. The van der Waals surface area contributed by atoms with Crippen LogP contribution in [0.15, 0.2) is 16.7 Å². The maximum Gasteiger partial charge on any atom is 0.254 e. The van der Waals surface area contributed by atoms with E-state index < -0.39 is 0 Å². The molecule has 0 saturated carbocycles. The second-order valence-electron chi connectivity index (χ2n) is 3.25. The van der Waals surface area contributed by atoms with Gasteiger partial charge in [0.25, 0.3) is 5.91 Å². The molecule has 1 heterocycles. The molecule has 0 aliphatic rings. The van der Waals surface area contributed by atoms with Crippen LogP contribution < -0.4 is 5.32 Å². The summed E-state index contributed by atoms with van der Waals surface area (Å²) in [6.45, 7) is 6.59. The summed E-state index contributed by atoms with van der Waals surface area (Å²) in [7, 11) is 0. The quantitative estimate of drug-likeness (QED) is 0.776. The van der Waals surface area contributed by atoms with Crippen LogP contribution in [0.3, 0.4) is 0 Å². The third kappa shape index (κ3) is 2.34. The largest absolute Gasteiger partial charge is 0.468 e. The van der Waals surface area contributed by atoms with Gasteiger partial charge in [0.15, 0.2) is 0 Å². The van der Waals surface area contributed by atoms with Crippen molar-refractivity contribution in [3.05, 3.63) is 23.7 Å². The van der Waals surface area contributed by atoms with Crippen LogP contribution in [0.1, 0.15) is 42.8 Å². The number of furan rings is 1. The lowest BCUT2D eigenvalue weighted by atomic mass is 10.1. The number of hydrogen-bond acceptors (Lipinski definition) is 2. The van der Waals surface area contributed by atoms with Crippen molar-refractivity contribution in [2.45, 2.75) is 26.7 Å². The highest BCUT2D eigenvalue weighted by Crippen LogP contribution is 2.17. The van der Waals surface area contributed by atoms with E-state index in [0.29, 0.717) is 18.0 Å². The minimum Gasteiger partial charge on any atom is -0.468 e. The average Bonchev–Trinajstić information content (AvgIpc) is 2.52. The summed E-state index contributed by atoms with van der Waals surface area (Å²) in [6.07, 6.45) is 1.50. The maximum atomic E-state index is 11.3. The number of amides is 1. The highest BCUT2D eigenvalue weighted by atomic mass is 16.3. The number of carbonyl (C=O) groups excluding carboxylic acids is 1. The average molecular weight is 181 g/mol. The first kappa shape index (κ1) is 9.84. The molecule has 0 bridgehead atoms. The fraction of sp³-hybridized carbons (Fsp3) is 0.500. The third-order valence-electron chi connectivity index (χ3n) is 1.79. The van der Waals surface area contributed by atoms with Gasteiger partial charge < -0.3 is 9.73 Å². The van der Waals surface area contributed by atoms with E-state index in [9.17, 15) is 4.79 Å².